The second-order valence-corrected chi connectivity index (χ2v) is 10.7. The number of likely N-dealkylation sites (tertiary alicyclic amines) is 1. The lowest BCUT2D eigenvalue weighted by Crippen LogP contribution is -2.53. The molecule has 5 rings (SSSR count). The number of aryl methyl sites for hydroxylation is 1. The molecular formula is C26H31N5O3S. The number of carbonyl (C=O) groups excluding carboxylic acids is 2. The number of hydrogen-bond donors (Lipinski definition) is 4. The maximum Gasteiger partial charge on any atom is 0.262 e. The van der Waals surface area contributed by atoms with E-state index in [4.69, 9.17) is 21.9 Å². The highest BCUT2D eigenvalue weighted by Gasteiger charge is 2.49. The van der Waals surface area contributed by atoms with Gasteiger partial charge in [-0.05, 0) is 68.2 Å². The Morgan fingerprint density at radius 3 is 2.69 bits per heavy atom. The van der Waals surface area contributed by atoms with Gasteiger partial charge in [0.2, 0.25) is 0 Å². The number of piperidine rings is 1. The molecule has 9 heteroatoms. The topological polar surface area (TPSA) is 137 Å². The number of thiophene rings is 1. The first-order chi connectivity index (χ1) is 16.7. The van der Waals surface area contributed by atoms with Crippen LogP contribution in [0.5, 0.6) is 5.75 Å². The summed E-state index contributed by atoms with van der Waals surface area (Å²) in [6, 6.07) is 7.97. The van der Waals surface area contributed by atoms with E-state index in [2.05, 4.69) is 10.2 Å². The van der Waals surface area contributed by atoms with Crippen LogP contribution >= 0.6 is 11.3 Å². The van der Waals surface area contributed by atoms with Crippen LogP contribution in [0.2, 0.25) is 0 Å². The number of methoxy groups -OCH3 is 1. The molecule has 0 bridgehead atoms. The van der Waals surface area contributed by atoms with Crippen LogP contribution < -0.4 is 27.3 Å². The number of nitrogens with one attached hydrogen (secondary N) is 1. The molecule has 1 aromatic heterocycles. The van der Waals surface area contributed by atoms with Crippen molar-refractivity contribution >= 4 is 38.8 Å². The summed E-state index contributed by atoms with van der Waals surface area (Å²) in [4.78, 5) is 30.0. The predicted molar refractivity (Wildman–Crippen MR) is 139 cm³/mol. The summed E-state index contributed by atoms with van der Waals surface area (Å²) in [6.07, 6.45) is 1.93. The van der Waals surface area contributed by atoms with Crippen molar-refractivity contribution in [3.8, 4) is 5.75 Å². The molecule has 2 aromatic carbocycles. The van der Waals surface area contributed by atoms with Crippen LogP contribution in [0.1, 0.15) is 50.8 Å². The molecule has 1 fully saturated rings. The zero-order valence-electron chi connectivity index (χ0n) is 20.2. The van der Waals surface area contributed by atoms with Crippen LogP contribution in [0, 0.1) is 6.92 Å². The number of ketones is 1. The smallest absolute Gasteiger partial charge is 0.262 e. The number of nitrogens with zero attached hydrogens (tertiary/aromatic N) is 1. The van der Waals surface area contributed by atoms with Crippen molar-refractivity contribution in [2.45, 2.75) is 37.4 Å². The number of Topliss-reactive ketones (excluding diaryl/α,β-unsaturated/α-hetero) is 1. The van der Waals surface area contributed by atoms with E-state index in [9.17, 15) is 9.59 Å². The molecule has 3 aromatic rings. The Hall–Kier alpha value is -2.98. The van der Waals surface area contributed by atoms with Crippen molar-refractivity contribution in [2.75, 3.05) is 33.0 Å². The van der Waals surface area contributed by atoms with Crippen molar-refractivity contribution in [1.82, 2.24) is 10.2 Å². The maximum absolute atomic E-state index is 13.9. The van der Waals surface area contributed by atoms with Crippen molar-refractivity contribution in [3.05, 3.63) is 57.5 Å². The minimum absolute atomic E-state index is 0.0431. The third-order valence-corrected chi connectivity index (χ3v) is 8.59. The summed E-state index contributed by atoms with van der Waals surface area (Å²) in [5.74, 6) is 0.0998. The number of benzene rings is 2. The number of ether oxygens (including phenoxy) is 1. The van der Waals surface area contributed by atoms with Gasteiger partial charge in [0.1, 0.15) is 11.3 Å². The molecule has 1 amide bonds. The molecule has 8 nitrogen and oxygen atoms in total. The zero-order valence-corrected chi connectivity index (χ0v) is 21.0. The van der Waals surface area contributed by atoms with Crippen LogP contribution in [0.3, 0.4) is 0 Å². The summed E-state index contributed by atoms with van der Waals surface area (Å²) in [5.41, 5.74) is 21.6. The van der Waals surface area contributed by atoms with E-state index in [1.54, 1.807) is 25.3 Å². The minimum atomic E-state index is -1.48. The maximum atomic E-state index is 13.9. The van der Waals surface area contributed by atoms with Gasteiger partial charge in [-0.25, -0.2) is 0 Å². The van der Waals surface area contributed by atoms with Crippen LogP contribution in [-0.4, -0.2) is 49.9 Å². The fourth-order valence-corrected chi connectivity index (χ4v) is 6.77. The second kappa shape index (κ2) is 8.60. The highest BCUT2D eigenvalue weighted by molar-refractivity contribution is 7.21. The van der Waals surface area contributed by atoms with E-state index in [1.807, 2.05) is 26.1 Å². The third-order valence-electron chi connectivity index (χ3n) is 7.34. The molecule has 7 N–H and O–H groups in total. The average Bonchev–Trinajstić information content (AvgIpc) is 3.24. The van der Waals surface area contributed by atoms with Crippen LogP contribution in [0.4, 0.5) is 5.69 Å². The van der Waals surface area contributed by atoms with E-state index in [-0.39, 0.29) is 17.7 Å². The normalized spacial score (nSPS) is 24.5. The summed E-state index contributed by atoms with van der Waals surface area (Å²) in [5, 5.41) is 3.86. The number of anilines is 1. The summed E-state index contributed by atoms with van der Waals surface area (Å²) >= 11 is 1.28. The average molecular weight is 494 g/mol. The second-order valence-electron chi connectivity index (χ2n) is 9.66. The molecule has 3 unspecified atom stereocenters. The molecule has 35 heavy (non-hydrogen) atoms. The molecule has 0 radical (unpaired) electrons. The monoisotopic (exact) mass is 493 g/mol. The molecule has 1 aliphatic carbocycles. The fourth-order valence-electron chi connectivity index (χ4n) is 5.57. The number of likely N-dealkylation sites (N-methyl/N-ethyl adjacent to an activating group) is 1. The van der Waals surface area contributed by atoms with Crippen LogP contribution in [-0.2, 0) is 10.3 Å². The SMILES string of the molecule is COc1ccc(C2(N)C(=O)C(N)c3c(C(=O)NC4CCCN(C)C4)sc4c(N)ccc2c34)c(C)c1. The number of amides is 1. The van der Waals surface area contributed by atoms with Crippen molar-refractivity contribution in [1.29, 1.82) is 0 Å². The first kappa shape index (κ1) is 23.7. The Balaban J connectivity index is 1.67. The van der Waals surface area contributed by atoms with E-state index in [0.29, 0.717) is 38.4 Å². The van der Waals surface area contributed by atoms with E-state index in [0.717, 1.165) is 36.2 Å². The summed E-state index contributed by atoms with van der Waals surface area (Å²) < 4.78 is 6.06. The molecule has 2 aliphatic rings. The van der Waals surface area contributed by atoms with Gasteiger partial charge >= 0.3 is 0 Å². The number of carbonyl (C=O) groups is 2. The minimum Gasteiger partial charge on any atom is -0.497 e. The molecule has 0 saturated carbocycles. The van der Waals surface area contributed by atoms with Gasteiger partial charge in [-0.1, -0.05) is 12.1 Å². The van der Waals surface area contributed by atoms with E-state index < -0.39 is 11.6 Å². The van der Waals surface area contributed by atoms with Crippen LogP contribution in [0.25, 0.3) is 10.1 Å². The first-order valence-corrected chi connectivity index (χ1v) is 12.6. The molecule has 1 aliphatic heterocycles. The van der Waals surface area contributed by atoms with Gasteiger partial charge in [0.25, 0.3) is 5.91 Å². The molecule has 1 saturated heterocycles. The molecule has 3 atom stereocenters. The molecule has 184 valence electrons. The Morgan fingerprint density at radius 1 is 1.26 bits per heavy atom. The molecule has 0 spiro atoms. The van der Waals surface area contributed by atoms with Gasteiger partial charge < -0.3 is 32.2 Å². The number of nitrogen functional groups attached to an aromatic ring is 1. The Bertz CT molecular complexity index is 1350. The number of nitrogens with two attached hydrogens (primary N) is 3. The highest BCUT2D eigenvalue weighted by atomic mass is 32.1. The van der Waals surface area contributed by atoms with Gasteiger partial charge in [-0.3, -0.25) is 9.59 Å². The lowest BCUT2D eigenvalue weighted by Gasteiger charge is -2.37. The standard InChI is InChI=1S/C26H31N5O3S/c1-13-11-15(34-3)6-7-16(13)26(29)17-8-9-18(27)22-19(17)20(21(28)24(26)32)23(35-22)25(33)30-14-5-4-10-31(2)12-14/h6-9,11,14,21H,4-5,10,12,27-29H2,1-3H3,(H,30,33). The van der Waals surface area contributed by atoms with Crippen LogP contribution in [0.15, 0.2) is 30.3 Å². The van der Waals surface area contributed by atoms with Gasteiger partial charge in [0.15, 0.2) is 5.78 Å². The number of hydrogen-bond acceptors (Lipinski definition) is 8. The molecular weight excluding hydrogens is 462 g/mol. The highest BCUT2D eigenvalue weighted by Crippen LogP contribution is 2.50. The van der Waals surface area contributed by atoms with E-state index in [1.165, 1.54) is 11.3 Å². The van der Waals surface area contributed by atoms with Gasteiger partial charge in [-0.15, -0.1) is 11.3 Å². The van der Waals surface area contributed by atoms with Gasteiger partial charge in [0.05, 0.1) is 22.7 Å². The Morgan fingerprint density at radius 2 is 2.00 bits per heavy atom. The van der Waals surface area contributed by atoms with Crippen molar-refractivity contribution in [2.24, 2.45) is 11.5 Å². The molecule has 2 heterocycles. The first-order valence-electron chi connectivity index (χ1n) is 11.8. The Labute approximate surface area is 208 Å². The quantitative estimate of drug-likeness (QED) is 0.410. The summed E-state index contributed by atoms with van der Waals surface area (Å²) in [7, 11) is 3.64. The predicted octanol–water partition coefficient (Wildman–Crippen LogP) is 2.41. The lowest BCUT2D eigenvalue weighted by atomic mass is 9.69. The number of rotatable bonds is 4. The van der Waals surface area contributed by atoms with Crippen molar-refractivity contribution < 1.29 is 14.3 Å². The third kappa shape index (κ3) is 3.61. The van der Waals surface area contributed by atoms with Gasteiger partial charge in [-0.2, -0.15) is 0 Å². The summed E-state index contributed by atoms with van der Waals surface area (Å²) in [6.45, 7) is 3.69. The zero-order chi connectivity index (χ0) is 25.1. The lowest BCUT2D eigenvalue weighted by molar-refractivity contribution is -0.124. The van der Waals surface area contributed by atoms with Gasteiger partial charge in [0, 0.05) is 29.2 Å². The Kier molecular flexibility index (Phi) is 5.83. The largest absolute Gasteiger partial charge is 0.497 e. The van der Waals surface area contributed by atoms with Crippen molar-refractivity contribution in [3.63, 3.8) is 0 Å². The fraction of sp³-hybridized carbons (Fsp3) is 0.385. The van der Waals surface area contributed by atoms with E-state index >= 15 is 0 Å².